The van der Waals surface area contributed by atoms with Gasteiger partial charge in [0.2, 0.25) is 13.1 Å². The molecular weight excluding hydrogens is 556 g/mol. The second-order valence-corrected chi connectivity index (χ2v) is 10.2. The number of fused-ring (bicyclic) bond motifs is 2. The highest BCUT2D eigenvalue weighted by Gasteiger charge is 2.38. The van der Waals surface area contributed by atoms with Crippen molar-refractivity contribution >= 4 is 16.8 Å². The Morgan fingerprint density at radius 1 is 1.07 bits per heavy atom. The van der Waals surface area contributed by atoms with Gasteiger partial charge in [-0.1, -0.05) is 6.07 Å². The van der Waals surface area contributed by atoms with Crippen molar-refractivity contribution in [3.05, 3.63) is 65.6 Å². The molecule has 11 nitrogen and oxygen atoms in total. The molecule has 0 radical (unpaired) electrons. The van der Waals surface area contributed by atoms with Gasteiger partial charge in [0.15, 0.2) is 17.3 Å². The van der Waals surface area contributed by atoms with Crippen molar-refractivity contribution < 1.29 is 43.1 Å². The van der Waals surface area contributed by atoms with Gasteiger partial charge in [-0.05, 0) is 67.3 Å². The van der Waals surface area contributed by atoms with Crippen LogP contribution >= 0.6 is 0 Å². The van der Waals surface area contributed by atoms with E-state index in [4.69, 9.17) is 38.3 Å². The third-order valence-electron chi connectivity index (χ3n) is 7.58. The van der Waals surface area contributed by atoms with E-state index in [1.54, 1.807) is 7.11 Å². The molecule has 11 heteroatoms. The molecule has 3 atom stereocenters. The van der Waals surface area contributed by atoms with Crippen molar-refractivity contribution in [1.82, 2.24) is 10.3 Å². The molecule has 0 unspecified atom stereocenters. The molecular formula is C32H40N2O9. The number of rotatable bonds is 16. The topological polar surface area (TPSA) is 130 Å². The minimum Gasteiger partial charge on any atom is -0.497 e. The minimum absolute atomic E-state index is 0.0207. The number of benzene rings is 2. The maximum absolute atomic E-state index is 13.4. The molecule has 5 rings (SSSR count). The number of aromatic amines is 1. The van der Waals surface area contributed by atoms with Gasteiger partial charge in [-0.15, -0.1) is 0 Å². The zero-order chi connectivity index (χ0) is 30.0. The molecule has 0 saturated carbocycles. The standard InChI is InChI=1S/C32H40N2O9/c1-3-40-32-24(9-12-38-14-15-39-13-11-35)25(21-4-7-28-29(16-21)42-20-41-28)18-30(43-32)31(36)33-10-8-22-19-34-27-6-5-23(37-2)17-26(22)27/h4-7,16-19,24-25,32,34-35H,3,8-15,20H2,1-2H3,(H,33,36)/t24-,25+,32+/m0/s1. The predicted molar refractivity (Wildman–Crippen MR) is 158 cm³/mol. The number of carbonyl (C=O) groups is 1. The third-order valence-corrected chi connectivity index (χ3v) is 7.58. The Labute approximate surface area is 251 Å². The highest BCUT2D eigenvalue weighted by Crippen LogP contribution is 2.42. The van der Waals surface area contributed by atoms with Crippen molar-refractivity contribution in [1.29, 1.82) is 0 Å². The highest BCUT2D eigenvalue weighted by atomic mass is 16.7. The van der Waals surface area contributed by atoms with E-state index < -0.39 is 6.29 Å². The van der Waals surface area contributed by atoms with Gasteiger partial charge in [0.05, 0.1) is 33.5 Å². The highest BCUT2D eigenvalue weighted by molar-refractivity contribution is 5.92. The number of nitrogens with one attached hydrogen (secondary N) is 2. The van der Waals surface area contributed by atoms with Gasteiger partial charge in [-0.25, -0.2) is 0 Å². The van der Waals surface area contributed by atoms with Crippen LogP contribution in [-0.2, 0) is 30.2 Å². The number of ether oxygens (including phenoxy) is 7. The van der Waals surface area contributed by atoms with Crippen molar-refractivity contribution in [2.75, 3.05) is 60.1 Å². The maximum atomic E-state index is 13.4. The summed E-state index contributed by atoms with van der Waals surface area (Å²) < 4.78 is 39.8. The molecule has 2 aliphatic heterocycles. The molecule has 3 N–H and O–H groups in total. The number of amides is 1. The number of carbonyl (C=O) groups excluding carboxylic acids is 1. The van der Waals surface area contributed by atoms with E-state index in [1.165, 1.54) is 0 Å². The zero-order valence-electron chi connectivity index (χ0n) is 24.6. The van der Waals surface area contributed by atoms with Crippen LogP contribution in [0.3, 0.4) is 0 Å². The number of allylic oxidation sites excluding steroid dienone is 1. The van der Waals surface area contributed by atoms with Crippen LogP contribution in [0.5, 0.6) is 17.2 Å². The molecule has 2 aromatic carbocycles. The van der Waals surface area contributed by atoms with Gasteiger partial charge in [0, 0.05) is 48.7 Å². The SMILES string of the molecule is CCO[C@@H]1OC(C(=O)NCCc2c[nH]c3ccc(OC)cc23)=C[C@H](c2ccc3c(c2)OCO3)[C@@H]1CCOCCOCCO. The number of aliphatic hydroxyl groups is 1. The minimum atomic E-state index is -0.651. The fourth-order valence-corrected chi connectivity index (χ4v) is 5.43. The summed E-state index contributed by atoms with van der Waals surface area (Å²) in [5.41, 5.74) is 3.06. The third kappa shape index (κ3) is 7.61. The summed E-state index contributed by atoms with van der Waals surface area (Å²) in [5.74, 6) is 1.73. The van der Waals surface area contributed by atoms with Crippen LogP contribution in [0.4, 0.5) is 0 Å². The zero-order valence-corrected chi connectivity index (χ0v) is 24.6. The second kappa shape index (κ2) is 15.1. The first kappa shape index (κ1) is 30.7. The molecule has 0 saturated heterocycles. The van der Waals surface area contributed by atoms with E-state index in [0.717, 1.165) is 27.8 Å². The lowest BCUT2D eigenvalue weighted by Crippen LogP contribution is -2.39. The largest absolute Gasteiger partial charge is 0.497 e. The molecule has 1 amide bonds. The number of aliphatic hydroxyl groups excluding tert-OH is 1. The van der Waals surface area contributed by atoms with E-state index in [9.17, 15) is 4.79 Å². The van der Waals surface area contributed by atoms with E-state index in [1.807, 2.05) is 55.6 Å². The average Bonchev–Trinajstić information content (AvgIpc) is 3.67. The van der Waals surface area contributed by atoms with E-state index in [2.05, 4.69) is 10.3 Å². The number of hydrogen-bond donors (Lipinski definition) is 3. The Bertz CT molecular complexity index is 1390. The number of hydrogen-bond acceptors (Lipinski definition) is 9. The summed E-state index contributed by atoms with van der Waals surface area (Å²) in [6, 6.07) is 11.7. The van der Waals surface area contributed by atoms with Crippen molar-refractivity contribution in [3.8, 4) is 17.2 Å². The first-order chi connectivity index (χ1) is 21.1. The predicted octanol–water partition coefficient (Wildman–Crippen LogP) is 3.66. The first-order valence-electron chi connectivity index (χ1n) is 14.7. The Balaban J connectivity index is 1.29. The first-order valence-corrected chi connectivity index (χ1v) is 14.7. The lowest BCUT2D eigenvalue weighted by atomic mass is 9.81. The summed E-state index contributed by atoms with van der Waals surface area (Å²) in [4.78, 5) is 16.7. The quantitative estimate of drug-likeness (QED) is 0.212. The van der Waals surface area contributed by atoms with Crippen molar-refractivity contribution in [2.24, 2.45) is 5.92 Å². The van der Waals surface area contributed by atoms with Crippen LogP contribution in [0.1, 0.15) is 30.4 Å². The van der Waals surface area contributed by atoms with Gasteiger partial charge in [-0.3, -0.25) is 4.79 Å². The smallest absolute Gasteiger partial charge is 0.286 e. The van der Waals surface area contributed by atoms with Gasteiger partial charge in [0.1, 0.15) is 5.75 Å². The summed E-state index contributed by atoms with van der Waals surface area (Å²) in [6.07, 6.45) is 4.43. The van der Waals surface area contributed by atoms with Gasteiger partial charge >= 0.3 is 0 Å². The van der Waals surface area contributed by atoms with Crippen LogP contribution in [0.2, 0.25) is 0 Å². The number of H-pyrrole nitrogens is 1. The molecule has 232 valence electrons. The van der Waals surface area contributed by atoms with Crippen molar-refractivity contribution in [3.63, 3.8) is 0 Å². The molecule has 43 heavy (non-hydrogen) atoms. The maximum Gasteiger partial charge on any atom is 0.286 e. The fourth-order valence-electron chi connectivity index (χ4n) is 5.43. The summed E-state index contributed by atoms with van der Waals surface area (Å²) in [5, 5.41) is 13.0. The molecule has 3 heterocycles. The average molecular weight is 597 g/mol. The Hall–Kier alpha value is -3.77. The van der Waals surface area contributed by atoms with Crippen LogP contribution in [-0.4, -0.2) is 82.4 Å². The monoisotopic (exact) mass is 596 g/mol. The van der Waals surface area contributed by atoms with Crippen LogP contribution in [0.15, 0.2) is 54.4 Å². The number of aromatic nitrogens is 1. The Morgan fingerprint density at radius 2 is 1.91 bits per heavy atom. The molecule has 0 fully saturated rings. The lowest BCUT2D eigenvalue weighted by Gasteiger charge is -2.37. The number of methoxy groups -OCH3 is 1. The van der Waals surface area contributed by atoms with Gasteiger partial charge in [0.25, 0.3) is 5.91 Å². The second-order valence-electron chi connectivity index (χ2n) is 10.2. The Morgan fingerprint density at radius 3 is 2.72 bits per heavy atom. The summed E-state index contributed by atoms with van der Waals surface area (Å²) in [7, 11) is 1.64. The fraction of sp³-hybridized carbons (Fsp3) is 0.469. The summed E-state index contributed by atoms with van der Waals surface area (Å²) >= 11 is 0. The van der Waals surface area contributed by atoms with Crippen molar-refractivity contribution in [2.45, 2.75) is 32.0 Å². The molecule has 2 aliphatic rings. The molecule has 0 aliphatic carbocycles. The van der Waals surface area contributed by atoms with E-state index in [0.29, 0.717) is 57.3 Å². The van der Waals surface area contributed by atoms with E-state index in [-0.39, 0.29) is 43.5 Å². The molecule has 0 bridgehead atoms. The van der Waals surface area contributed by atoms with Crippen LogP contribution in [0, 0.1) is 5.92 Å². The molecule has 0 spiro atoms. The molecule has 1 aromatic heterocycles. The Kier molecular flexibility index (Phi) is 10.8. The van der Waals surface area contributed by atoms with Gasteiger partial charge in [-0.2, -0.15) is 0 Å². The van der Waals surface area contributed by atoms with E-state index >= 15 is 0 Å². The molecule has 3 aromatic rings. The van der Waals surface area contributed by atoms with Crippen LogP contribution in [0.25, 0.3) is 10.9 Å². The normalized spacial score (nSPS) is 19.2. The lowest BCUT2D eigenvalue weighted by molar-refractivity contribution is -0.168. The summed E-state index contributed by atoms with van der Waals surface area (Å²) in [6.45, 7) is 4.45. The van der Waals surface area contributed by atoms with Crippen LogP contribution < -0.4 is 19.5 Å². The van der Waals surface area contributed by atoms with Gasteiger partial charge < -0.3 is 48.6 Å².